The molecule has 0 saturated heterocycles. The summed E-state index contributed by atoms with van der Waals surface area (Å²) in [6.07, 6.45) is -4.79. The lowest BCUT2D eigenvalue weighted by Gasteiger charge is -2.26. The number of hydrogen-bond acceptors (Lipinski definition) is 3. The Morgan fingerprint density at radius 2 is 2.00 bits per heavy atom. The minimum atomic E-state index is -4.79. The van der Waals surface area contributed by atoms with Crippen molar-refractivity contribution in [3.63, 3.8) is 0 Å². The average molecular weight is 277 g/mol. The summed E-state index contributed by atoms with van der Waals surface area (Å²) in [6.45, 7) is -0.681. The molecule has 0 fully saturated rings. The van der Waals surface area contributed by atoms with E-state index >= 15 is 0 Å². The SMILES string of the molecule is COc1ccccc1N(C)CC(C(=O)O)C(F)(F)F. The smallest absolute Gasteiger partial charge is 0.403 e. The molecule has 0 aromatic heterocycles. The summed E-state index contributed by atoms with van der Waals surface area (Å²) in [5.41, 5.74) is 0.403. The lowest BCUT2D eigenvalue weighted by Crippen LogP contribution is -2.40. The Balaban J connectivity index is 2.94. The Kier molecular flexibility index (Phi) is 4.63. The molecule has 0 amide bonds. The Morgan fingerprint density at radius 3 is 2.47 bits per heavy atom. The first kappa shape index (κ1) is 15.1. The first-order chi connectivity index (χ1) is 8.77. The second-order valence-corrected chi connectivity index (χ2v) is 3.98. The molecule has 1 rings (SSSR count). The number of carboxylic acid groups (broad SMARTS) is 1. The normalized spacial score (nSPS) is 12.9. The molecule has 7 heteroatoms. The molecule has 1 N–H and O–H groups in total. The van der Waals surface area contributed by atoms with E-state index < -0.39 is 24.6 Å². The molecule has 1 aromatic rings. The molecule has 0 saturated carbocycles. The second-order valence-electron chi connectivity index (χ2n) is 3.98. The van der Waals surface area contributed by atoms with Gasteiger partial charge in [0.15, 0.2) is 5.92 Å². The van der Waals surface area contributed by atoms with Gasteiger partial charge in [-0.25, -0.2) is 0 Å². The Labute approximate surface area is 108 Å². The standard InChI is InChI=1S/C12H14F3NO3/c1-16(7-8(11(17)18)12(13,14)15)9-5-3-4-6-10(9)19-2/h3-6,8H,7H2,1-2H3,(H,17,18). The van der Waals surface area contributed by atoms with Crippen LogP contribution in [0.25, 0.3) is 0 Å². The molecule has 0 spiro atoms. The first-order valence-electron chi connectivity index (χ1n) is 5.41. The molecule has 106 valence electrons. The maximum Gasteiger partial charge on any atom is 0.403 e. The fourth-order valence-corrected chi connectivity index (χ4v) is 1.64. The number of rotatable bonds is 5. The Bertz CT molecular complexity index is 448. The summed E-state index contributed by atoms with van der Waals surface area (Å²) in [5, 5.41) is 8.65. The van der Waals surface area contributed by atoms with Crippen LogP contribution in [-0.2, 0) is 4.79 Å². The van der Waals surface area contributed by atoms with E-state index in [0.717, 1.165) is 0 Å². The van der Waals surface area contributed by atoms with Gasteiger partial charge >= 0.3 is 12.1 Å². The molecule has 0 aliphatic carbocycles. The number of carbonyl (C=O) groups is 1. The van der Waals surface area contributed by atoms with Gasteiger partial charge in [-0.3, -0.25) is 4.79 Å². The number of methoxy groups -OCH3 is 1. The van der Waals surface area contributed by atoms with Gasteiger partial charge in [-0.2, -0.15) is 13.2 Å². The van der Waals surface area contributed by atoms with Gasteiger partial charge in [-0.05, 0) is 12.1 Å². The molecule has 0 aliphatic rings. The van der Waals surface area contributed by atoms with Crippen LogP contribution >= 0.6 is 0 Å². The molecular formula is C12H14F3NO3. The monoisotopic (exact) mass is 277 g/mol. The predicted molar refractivity (Wildman–Crippen MR) is 63.4 cm³/mol. The summed E-state index contributed by atoms with van der Waals surface area (Å²) in [6, 6.07) is 6.47. The highest BCUT2D eigenvalue weighted by Crippen LogP contribution is 2.31. The third-order valence-corrected chi connectivity index (χ3v) is 2.65. The highest BCUT2D eigenvalue weighted by atomic mass is 19.4. The number of aliphatic carboxylic acids is 1. The number of para-hydroxylation sites is 2. The van der Waals surface area contributed by atoms with Crippen LogP contribution in [-0.4, -0.2) is 38.0 Å². The van der Waals surface area contributed by atoms with Crippen molar-refractivity contribution in [2.45, 2.75) is 6.18 Å². The highest BCUT2D eigenvalue weighted by Gasteiger charge is 2.45. The van der Waals surface area contributed by atoms with Gasteiger partial charge in [-0.1, -0.05) is 12.1 Å². The summed E-state index contributed by atoms with van der Waals surface area (Å²) < 4.78 is 42.8. The fraction of sp³-hybridized carbons (Fsp3) is 0.417. The number of nitrogens with zero attached hydrogens (tertiary/aromatic N) is 1. The van der Waals surface area contributed by atoms with Crippen molar-refractivity contribution in [2.75, 3.05) is 25.6 Å². The molecule has 19 heavy (non-hydrogen) atoms. The number of ether oxygens (including phenoxy) is 1. The lowest BCUT2D eigenvalue weighted by molar-refractivity contribution is -0.191. The van der Waals surface area contributed by atoms with E-state index in [9.17, 15) is 18.0 Å². The number of carboxylic acids is 1. The lowest BCUT2D eigenvalue weighted by atomic mass is 10.1. The summed E-state index contributed by atoms with van der Waals surface area (Å²) in [4.78, 5) is 11.9. The number of alkyl halides is 3. The minimum absolute atomic E-state index is 0.385. The van der Waals surface area contributed by atoms with Crippen LogP contribution in [0, 0.1) is 5.92 Å². The van der Waals surface area contributed by atoms with Gasteiger partial charge in [0, 0.05) is 13.6 Å². The highest BCUT2D eigenvalue weighted by molar-refractivity contribution is 5.72. The number of hydrogen-bond donors (Lipinski definition) is 1. The van der Waals surface area contributed by atoms with Crippen molar-refractivity contribution < 1.29 is 27.8 Å². The van der Waals surface area contributed by atoms with E-state index in [-0.39, 0.29) is 0 Å². The Morgan fingerprint density at radius 1 is 1.42 bits per heavy atom. The van der Waals surface area contributed by atoms with Gasteiger partial charge in [-0.15, -0.1) is 0 Å². The number of anilines is 1. The molecule has 0 aliphatic heterocycles. The van der Waals surface area contributed by atoms with E-state index in [1.54, 1.807) is 24.3 Å². The van der Waals surface area contributed by atoms with E-state index in [4.69, 9.17) is 9.84 Å². The Hall–Kier alpha value is -1.92. The third-order valence-electron chi connectivity index (χ3n) is 2.65. The first-order valence-corrected chi connectivity index (χ1v) is 5.41. The van der Waals surface area contributed by atoms with Crippen LogP contribution in [0.2, 0.25) is 0 Å². The van der Waals surface area contributed by atoms with Crippen molar-refractivity contribution in [3.05, 3.63) is 24.3 Å². The maximum absolute atomic E-state index is 12.6. The number of benzene rings is 1. The van der Waals surface area contributed by atoms with Gasteiger partial charge in [0.2, 0.25) is 0 Å². The quantitative estimate of drug-likeness (QED) is 0.897. The zero-order valence-corrected chi connectivity index (χ0v) is 10.4. The fourth-order valence-electron chi connectivity index (χ4n) is 1.64. The summed E-state index contributed by atoms with van der Waals surface area (Å²) >= 11 is 0. The molecule has 4 nitrogen and oxygen atoms in total. The molecule has 1 unspecified atom stereocenters. The van der Waals surface area contributed by atoms with Gasteiger partial charge in [0.05, 0.1) is 12.8 Å². The van der Waals surface area contributed by atoms with Gasteiger partial charge in [0.1, 0.15) is 5.75 Å². The second kappa shape index (κ2) is 5.81. The maximum atomic E-state index is 12.6. The van der Waals surface area contributed by atoms with Crippen LogP contribution in [0.15, 0.2) is 24.3 Å². The number of halogens is 3. The van der Waals surface area contributed by atoms with Crippen LogP contribution < -0.4 is 9.64 Å². The average Bonchev–Trinajstić information content (AvgIpc) is 2.33. The molecule has 0 heterocycles. The van der Waals surface area contributed by atoms with Gasteiger partial charge < -0.3 is 14.7 Å². The van der Waals surface area contributed by atoms with E-state index in [2.05, 4.69) is 0 Å². The molecule has 1 atom stereocenters. The van der Waals surface area contributed by atoms with Crippen molar-refractivity contribution in [1.82, 2.24) is 0 Å². The molecule has 1 aromatic carbocycles. The van der Waals surface area contributed by atoms with E-state index in [1.807, 2.05) is 0 Å². The van der Waals surface area contributed by atoms with Crippen molar-refractivity contribution in [2.24, 2.45) is 5.92 Å². The van der Waals surface area contributed by atoms with E-state index in [0.29, 0.717) is 11.4 Å². The van der Waals surface area contributed by atoms with Crippen LogP contribution in [0.3, 0.4) is 0 Å². The molecular weight excluding hydrogens is 263 g/mol. The van der Waals surface area contributed by atoms with Crippen molar-refractivity contribution in [1.29, 1.82) is 0 Å². The van der Waals surface area contributed by atoms with Crippen LogP contribution in [0.1, 0.15) is 0 Å². The third kappa shape index (κ3) is 3.77. The molecule has 0 bridgehead atoms. The summed E-state index contributed by atoms with van der Waals surface area (Å²) in [7, 11) is 2.78. The summed E-state index contributed by atoms with van der Waals surface area (Å²) in [5.74, 6) is -3.95. The molecule has 0 radical (unpaired) electrons. The topological polar surface area (TPSA) is 49.8 Å². The van der Waals surface area contributed by atoms with Crippen LogP contribution in [0.5, 0.6) is 5.75 Å². The van der Waals surface area contributed by atoms with Crippen molar-refractivity contribution >= 4 is 11.7 Å². The zero-order valence-electron chi connectivity index (χ0n) is 10.4. The van der Waals surface area contributed by atoms with Gasteiger partial charge in [0.25, 0.3) is 0 Å². The van der Waals surface area contributed by atoms with Crippen molar-refractivity contribution in [3.8, 4) is 5.75 Å². The predicted octanol–water partition coefficient (Wildman–Crippen LogP) is 2.39. The minimum Gasteiger partial charge on any atom is -0.495 e. The zero-order chi connectivity index (χ0) is 14.6. The van der Waals surface area contributed by atoms with Crippen LogP contribution in [0.4, 0.5) is 18.9 Å². The van der Waals surface area contributed by atoms with E-state index in [1.165, 1.54) is 19.1 Å². The largest absolute Gasteiger partial charge is 0.495 e.